The molecule has 4 aromatic rings. The van der Waals surface area contributed by atoms with Crippen LogP contribution >= 0.6 is 0 Å². The number of ether oxygens (including phenoxy) is 1. The van der Waals surface area contributed by atoms with Crippen molar-refractivity contribution in [3.63, 3.8) is 0 Å². The quantitative estimate of drug-likeness (QED) is 0.209. The predicted octanol–water partition coefficient (Wildman–Crippen LogP) is 5.04. The number of nitriles is 1. The van der Waals surface area contributed by atoms with E-state index in [1.165, 1.54) is 12.4 Å². The largest absolute Gasteiger partial charge is 0.457 e. The molecule has 0 bridgehead atoms. The number of nitrogens with two attached hydrogens (primary N) is 1. The molecule has 2 N–H and O–H groups in total. The molecule has 2 fully saturated rings. The van der Waals surface area contributed by atoms with Crippen molar-refractivity contribution < 1.29 is 13.9 Å². The lowest BCUT2D eigenvalue weighted by Crippen LogP contribution is -2.54. The number of amides is 1. The molecule has 0 unspecified atom stereocenters. The molecule has 12 heteroatoms. The third-order valence-corrected chi connectivity index (χ3v) is 9.21. The van der Waals surface area contributed by atoms with E-state index in [9.17, 15) is 10.1 Å². The fraction of sp³-hybridized carbons (Fsp3) is 0.400. The molecule has 2 saturated heterocycles. The molecular weight excluding hydrogens is 597 g/mol. The molecule has 1 amide bonds. The SMILES string of the molecule is CCN1CCN(C(C)(C)/C=C(/C#N)C(=O)N2CCC[C@@H](n3nc(-c4ccc(Oc5ccccc5)cc4F)c4c(N)ncnc43)C2)CC1. The Hall–Kier alpha value is -4.86. The molecule has 0 saturated carbocycles. The van der Waals surface area contributed by atoms with Gasteiger partial charge in [-0.15, -0.1) is 0 Å². The summed E-state index contributed by atoms with van der Waals surface area (Å²) in [5, 5.41) is 15.4. The molecule has 2 aliphatic heterocycles. The number of nitrogens with zero attached hydrogens (tertiary/aromatic N) is 8. The number of carbonyl (C=O) groups is 1. The molecule has 1 atom stereocenters. The Morgan fingerprint density at radius 3 is 2.57 bits per heavy atom. The van der Waals surface area contributed by atoms with Crippen LogP contribution in [-0.4, -0.2) is 91.7 Å². The van der Waals surface area contributed by atoms with E-state index in [1.54, 1.807) is 33.8 Å². The van der Waals surface area contributed by atoms with Gasteiger partial charge in [0.1, 0.15) is 46.8 Å². The van der Waals surface area contributed by atoms with E-state index in [2.05, 4.69) is 46.6 Å². The van der Waals surface area contributed by atoms with Gasteiger partial charge in [0.15, 0.2) is 5.65 Å². The van der Waals surface area contributed by atoms with Gasteiger partial charge in [-0.1, -0.05) is 25.1 Å². The predicted molar refractivity (Wildman–Crippen MR) is 178 cm³/mol. The van der Waals surface area contributed by atoms with Crippen LogP contribution in [0.4, 0.5) is 10.2 Å². The van der Waals surface area contributed by atoms with E-state index in [1.807, 2.05) is 24.3 Å². The van der Waals surface area contributed by atoms with Gasteiger partial charge in [-0.05, 0) is 63.6 Å². The fourth-order valence-corrected chi connectivity index (χ4v) is 6.55. The van der Waals surface area contributed by atoms with Crippen molar-refractivity contribution in [2.75, 3.05) is 51.5 Å². The number of hydrogen-bond acceptors (Lipinski definition) is 9. The molecule has 0 radical (unpaired) electrons. The monoisotopic (exact) mass is 637 g/mol. The molecule has 6 rings (SSSR count). The summed E-state index contributed by atoms with van der Waals surface area (Å²) in [6.45, 7) is 11.8. The molecule has 2 aromatic carbocycles. The van der Waals surface area contributed by atoms with E-state index in [4.69, 9.17) is 15.6 Å². The number of piperazine rings is 1. The maximum absolute atomic E-state index is 15.6. The number of carbonyl (C=O) groups excluding carboxylic acids is 1. The van der Waals surface area contributed by atoms with Gasteiger partial charge < -0.3 is 20.3 Å². The smallest absolute Gasteiger partial charge is 0.264 e. The van der Waals surface area contributed by atoms with Crippen LogP contribution in [0.15, 0.2) is 66.5 Å². The Morgan fingerprint density at radius 2 is 1.87 bits per heavy atom. The Balaban J connectivity index is 1.26. The summed E-state index contributed by atoms with van der Waals surface area (Å²) < 4.78 is 23.2. The summed E-state index contributed by atoms with van der Waals surface area (Å²) in [6, 6.07) is 15.7. The van der Waals surface area contributed by atoms with Crippen molar-refractivity contribution in [2.24, 2.45) is 0 Å². The minimum atomic E-state index is -0.531. The number of likely N-dealkylation sites (N-methyl/N-ethyl adjacent to an activating group) is 1. The molecule has 4 heterocycles. The lowest BCUT2D eigenvalue weighted by molar-refractivity contribution is -0.128. The first-order chi connectivity index (χ1) is 22.7. The number of nitrogen functional groups attached to an aromatic ring is 1. The molecular formula is C35H40FN9O2. The Morgan fingerprint density at radius 1 is 1.11 bits per heavy atom. The summed E-state index contributed by atoms with van der Waals surface area (Å²) in [6.07, 6.45) is 4.59. The van der Waals surface area contributed by atoms with Crippen LogP contribution < -0.4 is 10.5 Å². The highest BCUT2D eigenvalue weighted by atomic mass is 19.1. The summed E-state index contributed by atoms with van der Waals surface area (Å²) in [5.41, 5.74) is 7.00. The lowest BCUT2D eigenvalue weighted by Gasteiger charge is -2.42. The molecule has 47 heavy (non-hydrogen) atoms. The number of halogens is 1. The van der Waals surface area contributed by atoms with Gasteiger partial charge in [0.05, 0.1) is 11.4 Å². The zero-order valence-corrected chi connectivity index (χ0v) is 27.1. The first-order valence-electron chi connectivity index (χ1n) is 16.1. The number of hydrogen-bond donors (Lipinski definition) is 1. The number of aromatic nitrogens is 4. The maximum Gasteiger partial charge on any atom is 0.264 e. The number of para-hydroxylation sites is 1. The van der Waals surface area contributed by atoms with Crippen molar-refractivity contribution in [1.29, 1.82) is 5.26 Å². The van der Waals surface area contributed by atoms with Gasteiger partial charge in [-0.25, -0.2) is 19.0 Å². The number of fused-ring (bicyclic) bond motifs is 1. The van der Waals surface area contributed by atoms with Gasteiger partial charge in [-0.2, -0.15) is 10.4 Å². The molecule has 2 aromatic heterocycles. The Bertz CT molecular complexity index is 1820. The number of piperidine rings is 1. The zero-order chi connectivity index (χ0) is 33.1. The van der Waals surface area contributed by atoms with E-state index in [-0.39, 0.29) is 28.9 Å². The highest BCUT2D eigenvalue weighted by Crippen LogP contribution is 2.36. The second-order valence-electron chi connectivity index (χ2n) is 12.6. The van der Waals surface area contributed by atoms with Crippen molar-refractivity contribution in [1.82, 2.24) is 34.4 Å². The summed E-state index contributed by atoms with van der Waals surface area (Å²) in [4.78, 5) is 28.9. The first kappa shape index (κ1) is 32.1. The zero-order valence-electron chi connectivity index (χ0n) is 27.1. The van der Waals surface area contributed by atoms with Crippen molar-refractivity contribution in [3.05, 3.63) is 72.3 Å². The molecule has 0 spiro atoms. The van der Waals surface area contributed by atoms with Crippen molar-refractivity contribution >= 4 is 22.8 Å². The molecule has 244 valence electrons. The van der Waals surface area contributed by atoms with Crippen LogP contribution in [0.25, 0.3) is 22.3 Å². The second kappa shape index (κ2) is 13.5. The van der Waals surface area contributed by atoms with Crippen molar-refractivity contribution in [3.8, 4) is 28.8 Å². The van der Waals surface area contributed by atoms with E-state index >= 15 is 4.39 Å². The summed E-state index contributed by atoms with van der Waals surface area (Å²) >= 11 is 0. The van der Waals surface area contributed by atoms with Gasteiger partial charge in [0.25, 0.3) is 5.91 Å². The van der Waals surface area contributed by atoms with Crippen LogP contribution in [0, 0.1) is 17.1 Å². The van der Waals surface area contributed by atoms with Gasteiger partial charge in [0, 0.05) is 56.4 Å². The third-order valence-electron chi connectivity index (χ3n) is 9.21. The number of benzene rings is 2. The van der Waals surface area contributed by atoms with Crippen LogP contribution in [0.2, 0.25) is 0 Å². The second-order valence-corrected chi connectivity index (χ2v) is 12.6. The topological polar surface area (TPSA) is 129 Å². The fourth-order valence-electron chi connectivity index (χ4n) is 6.55. The van der Waals surface area contributed by atoms with Gasteiger partial charge in [-0.3, -0.25) is 9.69 Å². The van der Waals surface area contributed by atoms with E-state index in [0.717, 1.165) is 39.1 Å². The molecule has 0 aliphatic carbocycles. The normalized spacial score (nSPS) is 18.3. The molecule has 2 aliphatic rings. The number of likely N-dealkylation sites (tertiary alicyclic amines) is 1. The standard InChI is InChI=1S/C35H40FN9O2/c1-4-42-15-17-44(18-16-42)35(2,3)20-24(21-37)34(46)43-14-8-9-25(22-43)45-33-30(32(38)39-23-40-33)31(41-45)28-13-12-27(19-29(28)36)47-26-10-6-5-7-11-26/h5-7,10-13,19-20,23,25H,4,8-9,14-18,22H2,1-3H3,(H2,38,39,40)/b24-20-/t25-/m1/s1. The first-order valence-corrected chi connectivity index (χ1v) is 16.1. The van der Waals surface area contributed by atoms with Crippen LogP contribution in [0.1, 0.15) is 39.7 Å². The van der Waals surface area contributed by atoms with Crippen LogP contribution in [0.5, 0.6) is 11.5 Å². The summed E-state index contributed by atoms with van der Waals surface area (Å²) in [7, 11) is 0. The molecule has 11 nitrogen and oxygen atoms in total. The maximum atomic E-state index is 15.6. The number of anilines is 1. The highest BCUT2D eigenvalue weighted by Gasteiger charge is 2.33. The minimum absolute atomic E-state index is 0.131. The van der Waals surface area contributed by atoms with Gasteiger partial charge >= 0.3 is 0 Å². The van der Waals surface area contributed by atoms with Crippen LogP contribution in [0.3, 0.4) is 0 Å². The summed E-state index contributed by atoms with van der Waals surface area (Å²) in [5.74, 6) is 0.288. The lowest BCUT2D eigenvalue weighted by atomic mass is 9.96. The average molecular weight is 638 g/mol. The number of rotatable bonds is 8. The van der Waals surface area contributed by atoms with Gasteiger partial charge in [0.2, 0.25) is 0 Å². The van der Waals surface area contributed by atoms with E-state index < -0.39 is 11.4 Å². The average Bonchev–Trinajstić information content (AvgIpc) is 3.48. The minimum Gasteiger partial charge on any atom is -0.457 e. The third kappa shape index (κ3) is 6.68. The van der Waals surface area contributed by atoms with E-state index in [0.29, 0.717) is 47.7 Å². The van der Waals surface area contributed by atoms with Crippen LogP contribution in [-0.2, 0) is 4.79 Å². The Kier molecular flexibility index (Phi) is 9.20. The Labute approximate surface area is 274 Å². The van der Waals surface area contributed by atoms with Crippen molar-refractivity contribution in [2.45, 2.75) is 45.2 Å². The highest BCUT2D eigenvalue weighted by molar-refractivity contribution is 5.99.